The Morgan fingerprint density at radius 3 is 2.53 bits per heavy atom. The first-order valence-electron chi connectivity index (χ1n) is 15.6. The van der Waals surface area contributed by atoms with Gasteiger partial charge >= 0.3 is 6.03 Å². The number of carbonyl (C=O) groups excluding carboxylic acids is 2. The average molecular weight is 633 g/mol. The van der Waals surface area contributed by atoms with Crippen LogP contribution in [0.3, 0.4) is 0 Å². The molecule has 0 radical (unpaired) electrons. The zero-order valence-corrected chi connectivity index (χ0v) is 26.4. The van der Waals surface area contributed by atoms with Crippen LogP contribution in [0, 0.1) is 0 Å². The second-order valence-corrected chi connectivity index (χ2v) is 12.9. The summed E-state index contributed by atoms with van der Waals surface area (Å²) in [5, 5.41) is 14.0. The van der Waals surface area contributed by atoms with E-state index in [1.54, 1.807) is 23.1 Å². The molecule has 9 nitrogen and oxygen atoms in total. The van der Waals surface area contributed by atoms with Gasteiger partial charge in [0.15, 0.2) is 0 Å². The molecule has 234 valence electrons. The lowest BCUT2D eigenvalue weighted by molar-refractivity contribution is -0.134. The van der Waals surface area contributed by atoms with E-state index in [0.29, 0.717) is 48.7 Å². The minimum atomic E-state index is -0.803. The number of β-amino-alcohol motifs (C(OH)–C–C–N with tert-alkyl or cyclic N) is 1. The Morgan fingerprint density at radius 1 is 1.05 bits per heavy atom. The summed E-state index contributed by atoms with van der Waals surface area (Å²) >= 11 is 12.6. The summed E-state index contributed by atoms with van der Waals surface area (Å²) in [6.45, 7) is 6.99. The zero-order chi connectivity index (χ0) is 30.3. The van der Waals surface area contributed by atoms with Gasteiger partial charge in [-0.25, -0.2) is 4.79 Å². The van der Waals surface area contributed by atoms with E-state index in [9.17, 15) is 14.7 Å². The van der Waals surface area contributed by atoms with Gasteiger partial charge in [-0.2, -0.15) is 0 Å². The van der Waals surface area contributed by atoms with E-state index in [4.69, 9.17) is 32.9 Å². The Hall–Kier alpha value is -2.59. The SMILES string of the molecule is C[C@H](COc1cccnc1C1CCN(C(=O)[C@@H](Cc2ccc(Cl)cc2Cl)NC(=O)N2CCC[C@H](O)C2)CC1)N1CCCC1. The summed E-state index contributed by atoms with van der Waals surface area (Å²) in [5.41, 5.74) is 1.68. The standard InChI is InChI=1S/C32H43Cl2N5O4/c1-22(37-13-2-3-14-37)21-43-29-7-4-12-35-30(29)23-10-16-38(17-11-23)31(41)28(18-24-8-9-25(33)19-27(24)34)36-32(42)39-15-5-6-26(40)20-39/h4,7-9,12,19,22-23,26,28,40H,2-3,5-6,10-11,13-18,20-21H2,1H3,(H,36,42)/t22-,26+,28-/m1/s1. The summed E-state index contributed by atoms with van der Waals surface area (Å²) in [7, 11) is 0. The fourth-order valence-corrected chi connectivity index (χ4v) is 6.90. The highest BCUT2D eigenvalue weighted by molar-refractivity contribution is 6.35. The molecule has 3 aliphatic rings. The Bertz CT molecular complexity index is 1250. The van der Waals surface area contributed by atoms with Gasteiger partial charge in [0.25, 0.3) is 0 Å². The molecule has 1 aromatic carbocycles. The first kappa shape index (κ1) is 31.8. The molecule has 0 bridgehead atoms. The molecule has 0 aliphatic carbocycles. The zero-order valence-electron chi connectivity index (χ0n) is 24.9. The van der Waals surface area contributed by atoms with Gasteiger partial charge in [0.2, 0.25) is 5.91 Å². The van der Waals surface area contributed by atoms with Crippen molar-refractivity contribution in [1.29, 1.82) is 0 Å². The number of hydrogen-bond donors (Lipinski definition) is 2. The second kappa shape index (κ2) is 14.9. The highest BCUT2D eigenvalue weighted by Gasteiger charge is 2.33. The van der Waals surface area contributed by atoms with Crippen LogP contribution in [0.1, 0.15) is 62.6 Å². The summed E-state index contributed by atoms with van der Waals surface area (Å²) in [6, 6.07) is 8.28. The summed E-state index contributed by atoms with van der Waals surface area (Å²) in [6.07, 6.45) is 6.89. The van der Waals surface area contributed by atoms with Gasteiger partial charge in [-0.1, -0.05) is 29.3 Å². The van der Waals surface area contributed by atoms with Gasteiger partial charge in [-0.15, -0.1) is 0 Å². The number of pyridine rings is 1. The highest BCUT2D eigenvalue weighted by Crippen LogP contribution is 2.33. The molecule has 5 rings (SSSR count). The lowest BCUT2D eigenvalue weighted by atomic mass is 9.91. The third-order valence-electron chi connectivity index (χ3n) is 8.96. The van der Waals surface area contributed by atoms with Gasteiger partial charge in [0.05, 0.1) is 11.8 Å². The van der Waals surface area contributed by atoms with Crippen molar-refractivity contribution in [3.05, 3.63) is 57.8 Å². The molecular formula is C32H43Cl2N5O4. The summed E-state index contributed by atoms with van der Waals surface area (Å²) in [5.74, 6) is 0.854. The number of carbonyl (C=O) groups is 2. The number of ether oxygens (including phenoxy) is 1. The number of aromatic nitrogens is 1. The molecule has 0 saturated carbocycles. The van der Waals surface area contributed by atoms with E-state index < -0.39 is 12.1 Å². The molecule has 3 atom stereocenters. The number of likely N-dealkylation sites (tertiary alicyclic amines) is 3. The smallest absolute Gasteiger partial charge is 0.318 e. The maximum absolute atomic E-state index is 13.9. The van der Waals surface area contributed by atoms with Crippen molar-refractivity contribution in [3.63, 3.8) is 0 Å². The van der Waals surface area contributed by atoms with Crippen LogP contribution >= 0.6 is 23.2 Å². The number of aliphatic hydroxyl groups excluding tert-OH is 1. The van der Waals surface area contributed by atoms with Crippen LogP contribution in [0.5, 0.6) is 5.75 Å². The highest BCUT2D eigenvalue weighted by atomic mass is 35.5. The Balaban J connectivity index is 1.23. The van der Waals surface area contributed by atoms with Crippen molar-refractivity contribution in [2.75, 3.05) is 45.9 Å². The fourth-order valence-electron chi connectivity index (χ4n) is 6.41. The van der Waals surface area contributed by atoms with E-state index in [-0.39, 0.29) is 30.8 Å². The lowest BCUT2D eigenvalue weighted by Gasteiger charge is -2.36. The van der Waals surface area contributed by atoms with Gasteiger partial charge in [-0.05, 0) is 88.4 Å². The van der Waals surface area contributed by atoms with Crippen LogP contribution < -0.4 is 10.1 Å². The minimum Gasteiger partial charge on any atom is -0.490 e. The Labute approximate surface area is 264 Å². The van der Waals surface area contributed by atoms with Crippen LogP contribution in [-0.2, 0) is 11.2 Å². The second-order valence-electron chi connectivity index (χ2n) is 12.1. The average Bonchev–Trinajstić information content (AvgIpc) is 3.56. The number of nitrogens with one attached hydrogen (secondary N) is 1. The summed E-state index contributed by atoms with van der Waals surface area (Å²) in [4.78, 5) is 37.7. The minimum absolute atomic E-state index is 0.146. The number of amides is 3. The van der Waals surface area contributed by atoms with E-state index >= 15 is 0 Å². The van der Waals surface area contributed by atoms with E-state index in [2.05, 4.69) is 17.1 Å². The first-order chi connectivity index (χ1) is 20.8. The van der Waals surface area contributed by atoms with Crippen molar-refractivity contribution in [3.8, 4) is 5.75 Å². The quantitative estimate of drug-likeness (QED) is 0.415. The number of rotatable bonds is 9. The van der Waals surface area contributed by atoms with Crippen LogP contribution in [0.2, 0.25) is 10.0 Å². The van der Waals surface area contributed by atoms with Crippen molar-refractivity contribution in [2.24, 2.45) is 0 Å². The topological polar surface area (TPSA) is 98.2 Å². The van der Waals surface area contributed by atoms with Gasteiger partial charge < -0.3 is 25.0 Å². The molecule has 3 amide bonds. The van der Waals surface area contributed by atoms with Crippen LogP contribution in [0.25, 0.3) is 0 Å². The van der Waals surface area contributed by atoms with Gasteiger partial charge in [0.1, 0.15) is 18.4 Å². The van der Waals surface area contributed by atoms with Crippen LogP contribution in [-0.4, -0.2) is 101 Å². The number of nitrogens with zero attached hydrogens (tertiary/aromatic N) is 4. The van der Waals surface area contributed by atoms with E-state index in [0.717, 1.165) is 49.4 Å². The molecule has 3 fully saturated rings. The predicted molar refractivity (Wildman–Crippen MR) is 168 cm³/mol. The molecule has 0 spiro atoms. The number of benzene rings is 1. The molecular weight excluding hydrogens is 589 g/mol. The molecule has 43 heavy (non-hydrogen) atoms. The molecule has 0 unspecified atom stereocenters. The number of aliphatic hydroxyl groups is 1. The molecule has 11 heteroatoms. The van der Waals surface area contributed by atoms with Crippen LogP contribution in [0.4, 0.5) is 4.79 Å². The van der Waals surface area contributed by atoms with Crippen molar-refractivity contribution in [2.45, 2.75) is 76.0 Å². The maximum Gasteiger partial charge on any atom is 0.318 e. The summed E-state index contributed by atoms with van der Waals surface area (Å²) < 4.78 is 6.30. The lowest BCUT2D eigenvalue weighted by Crippen LogP contribution is -2.56. The van der Waals surface area contributed by atoms with Crippen molar-refractivity contribution in [1.82, 2.24) is 25.0 Å². The fraction of sp³-hybridized carbons (Fsp3) is 0.594. The Kier molecular flexibility index (Phi) is 11.0. The number of halogens is 2. The van der Waals surface area contributed by atoms with E-state index in [1.807, 2.05) is 23.2 Å². The maximum atomic E-state index is 13.9. The number of piperidine rings is 2. The van der Waals surface area contributed by atoms with Gasteiger partial charge in [0, 0.05) is 60.8 Å². The Morgan fingerprint density at radius 2 is 1.81 bits per heavy atom. The van der Waals surface area contributed by atoms with Crippen LogP contribution in [0.15, 0.2) is 36.5 Å². The monoisotopic (exact) mass is 631 g/mol. The predicted octanol–water partition coefficient (Wildman–Crippen LogP) is 4.74. The molecule has 1 aromatic heterocycles. The number of urea groups is 1. The van der Waals surface area contributed by atoms with E-state index in [1.165, 1.54) is 12.8 Å². The molecule has 2 N–H and O–H groups in total. The first-order valence-corrected chi connectivity index (χ1v) is 16.3. The normalized spacial score (nSPS) is 21.4. The third-order valence-corrected chi connectivity index (χ3v) is 9.54. The number of hydrogen-bond acceptors (Lipinski definition) is 6. The molecule has 3 saturated heterocycles. The third kappa shape index (κ3) is 8.32. The largest absolute Gasteiger partial charge is 0.490 e. The molecule has 2 aromatic rings. The van der Waals surface area contributed by atoms with Crippen molar-refractivity contribution < 1.29 is 19.4 Å². The molecule has 4 heterocycles. The van der Waals surface area contributed by atoms with Crippen molar-refractivity contribution >= 4 is 35.1 Å². The molecule has 3 aliphatic heterocycles. The van der Waals surface area contributed by atoms with Gasteiger partial charge in [-0.3, -0.25) is 14.7 Å².